The van der Waals surface area contributed by atoms with Crippen molar-refractivity contribution in [2.24, 2.45) is 4.99 Å². The van der Waals surface area contributed by atoms with Gasteiger partial charge in [-0.2, -0.15) is 0 Å². The zero-order chi connectivity index (χ0) is 18.4. The number of carbonyl (C=O) groups is 1. The first-order valence-corrected chi connectivity index (χ1v) is 9.01. The van der Waals surface area contributed by atoms with Crippen LogP contribution in [-0.2, 0) is 0 Å². The number of thiol groups is 1. The Morgan fingerprint density at radius 2 is 1.85 bits per heavy atom. The number of hydrogen-bond donors (Lipinski definition) is 3. The first kappa shape index (κ1) is 18.1. The number of carboxylic acids is 1. The topological polar surface area (TPSA) is 64.9 Å². The minimum atomic E-state index is -0.959. The number of aliphatic imine (C=N–C) groups is 1. The Hall–Kier alpha value is -2.73. The van der Waals surface area contributed by atoms with Gasteiger partial charge in [-0.3, -0.25) is 0 Å². The Morgan fingerprint density at radius 3 is 2.50 bits per heavy atom. The molecule has 1 aliphatic heterocycles. The zero-order valence-electron chi connectivity index (χ0n) is 14.3. The molecule has 26 heavy (non-hydrogen) atoms. The molecule has 0 bridgehead atoms. The van der Waals surface area contributed by atoms with Crippen molar-refractivity contribution >= 4 is 42.0 Å². The summed E-state index contributed by atoms with van der Waals surface area (Å²) < 4.78 is 0. The van der Waals surface area contributed by atoms with Gasteiger partial charge in [-0.15, -0.1) is 12.6 Å². The van der Waals surface area contributed by atoms with E-state index in [0.717, 1.165) is 24.4 Å². The van der Waals surface area contributed by atoms with Crippen molar-refractivity contribution in [1.29, 1.82) is 0 Å². The Balaban J connectivity index is 1.66. The maximum Gasteiger partial charge on any atom is 0.335 e. The van der Waals surface area contributed by atoms with Crippen molar-refractivity contribution < 1.29 is 9.90 Å². The van der Waals surface area contributed by atoms with E-state index in [4.69, 9.17) is 5.11 Å². The van der Waals surface area contributed by atoms with E-state index < -0.39 is 5.97 Å². The van der Waals surface area contributed by atoms with Gasteiger partial charge in [0, 0.05) is 30.0 Å². The monoisotopic (exact) mass is 367 g/mol. The lowest BCUT2D eigenvalue weighted by Gasteiger charge is -2.17. The van der Waals surface area contributed by atoms with Gasteiger partial charge in [0.1, 0.15) is 0 Å². The first-order chi connectivity index (χ1) is 12.7. The van der Waals surface area contributed by atoms with Crippen LogP contribution in [0.15, 0.2) is 58.9 Å². The lowest BCUT2D eigenvalue weighted by atomic mass is 10.1. The highest BCUT2D eigenvalue weighted by Crippen LogP contribution is 2.24. The van der Waals surface area contributed by atoms with Crippen molar-refractivity contribution in [3.63, 3.8) is 0 Å². The number of rotatable bonds is 6. The molecule has 1 aliphatic rings. The Bertz CT molecular complexity index is 825. The highest BCUT2D eigenvalue weighted by molar-refractivity contribution is 7.83. The summed E-state index contributed by atoms with van der Waals surface area (Å²) in [6.07, 6.45) is 4.04. The van der Waals surface area contributed by atoms with Crippen LogP contribution in [0.25, 0.3) is 5.70 Å². The summed E-state index contributed by atoms with van der Waals surface area (Å²) in [6, 6.07) is 14.9. The second-order valence-electron chi connectivity index (χ2n) is 6.04. The maximum absolute atomic E-state index is 11.0. The summed E-state index contributed by atoms with van der Waals surface area (Å²) in [5.41, 5.74) is 3.82. The van der Waals surface area contributed by atoms with Gasteiger partial charge in [0.15, 0.2) is 0 Å². The number of nitrogens with one attached hydrogen (secondary N) is 1. The third-order valence-electron chi connectivity index (χ3n) is 4.30. The number of hydrogen-bond acceptors (Lipinski definition) is 4. The molecule has 2 aromatic rings. The van der Waals surface area contributed by atoms with E-state index in [-0.39, 0.29) is 5.56 Å². The molecule has 6 heteroatoms. The molecule has 2 aromatic carbocycles. The third-order valence-corrected chi connectivity index (χ3v) is 4.55. The zero-order valence-corrected chi connectivity index (χ0v) is 15.2. The molecule has 0 aliphatic carbocycles. The minimum Gasteiger partial charge on any atom is -0.478 e. The van der Waals surface area contributed by atoms with E-state index in [1.807, 2.05) is 12.1 Å². The molecule has 1 heterocycles. The molecule has 0 saturated carbocycles. The van der Waals surface area contributed by atoms with Gasteiger partial charge in [-0.1, -0.05) is 18.2 Å². The largest absolute Gasteiger partial charge is 0.478 e. The molecule has 5 nitrogen and oxygen atoms in total. The standard InChI is InChI=1S/C20H21N3O2S/c24-20(25)16-4-3-5-17(12-16)21-14-22-19(13-26)15-6-8-18(9-7-15)23-10-1-2-11-23/h3-9,12-14,26H,1-2,10-11H2,(H,21,22)(H,24,25)/b19-13-. The average molecular weight is 367 g/mol. The number of carboxylic acid groups (broad SMARTS) is 1. The fourth-order valence-electron chi connectivity index (χ4n) is 2.92. The van der Waals surface area contributed by atoms with E-state index in [0.29, 0.717) is 5.69 Å². The lowest BCUT2D eigenvalue weighted by Crippen LogP contribution is -2.17. The van der Waals surface area contributed by atoms with Gasteiger partial charge in [-0.05, 0) is 48.6 Å². The van der Waals surface area contributed by atoms with Crippen LogP contribution in [0, 0.1) is 0 Å². The van der Waals surface area contributed by atoms with Crippen molar-refractivity contribution in [3.05, 3.63) is 65.1 Å². The van der Waals surface area contributed by atoms with E-state index >= 15 is 0 Å². The minimum absolute atomic E-state index is 0.228. The van der Waals surface area contributed by atoms with Crippen LogP contribution >= 0.6 is 12.6 Å². The van der Waals surface area contributed by atoms with Crippen LogP contribution in [0.2, 0.25) is 0 Å². The van der Waals surface area contributed by atoms with Gasteiger partial charge < -0.3 is 15.3 Å². The summed E-state index contributed by atoms with van der Waals surface area (Å²) in [4.78, 5) is 17.8. The van der Waals surface area contributed by atoms with Gasteiger partial charge in [-0.25, -0.2) is 9.79 Å². The van der Waals surface area contributed by atoms with E-state index in [2.05, 4.69) is 40.0 Å². The summed E-state index contributed by atoms with van der Waals surface area (Å²) in [5, 5.41) is 13.7. The quantitative estimate of drug-likeness (QED) is 0.403. The first-order valence-electron chi connectivity index (χ1n) is 8.49. The second kappa shape index (κ2) is 8.58. The summed E-state index contributed by atoms with van der Waals surface area (Å²) in [7, 11) is 0. The molecular formula is C20H21N3O2S. The van der Waals surface area contributed by atoms with Gasteiger partial charge in [0.2, 0.25) is 0 Å². The summed E-state index contributed by atoms with van der Waals surface area (Å²) in [6.45, 7) is 2.23. The van der Waals surface area contributed by atoms with Crippen LogP contribution in [0.1, 0.15) is 28.8 Å². The molecule has 134 valence electrons. The number of nitrogens with zero attached hydrogens (tertiary/aromatic N) is 2. The predicted octanol–water partition coefficient (Wildman–Crippen LogP) is 4.35. The van der Waals surface area contributed by atoms with Gasteiger partial charge in [0.25, 0.3) is 0 Å². The lowest BCUT2D eigenvalue weighted by molar-refractivity contribution is 0.0697. The SMILES string of the molecule is O=C(O)c1cccc(NC=N/C(=C\S)c2ccc(N3CCCC3)cc2)c1. The predicted molar refractivity (Wildman–Crippen MR) is 110 cm³/mol. The van der Waals surface area contributed by atoms with Crippen molar-refractivity contribution in [2.75, 3.05) is 23.3 Å². The molecule has 2 N–H and O–H groups in total. The third kappa shape index (κ3) is 4.46. The second-order valence-corrected chi connectivity index (χ2v) is 6.30. The van der Waals surface area contributed by atoms with E-state index in [1.165, 1.54) is 24.9 Å². The number of aromatic carboxylic acids is 1. The maximum atomic E-state index is 11.0. The molecule has 0 radical (unpaired) electrons. The van der Waals surface area contributed by atoms with Crippen molar-refractivity contribution in [3.8, 4) is 0 Å². The van der Waals surface area contributed by atoms with Crippen molar-refractivity contribution in [2.45, 2.75) is 12.8 Å². The fraction of sp³-hybridized carbons (Fsp3) is 0.200. The average Bonchev–Trinajstić information content (AvgIpc) is 3.20. The molecule has 0 aromatic heterocycles. The number of benzene rings is 2. The molecule has 3 rings (SSSR count). The van der Waals surface area contributed by atoms with Gasteiger partial charge >= 0.3 is 5.97 Å². The molecule has 1 fully saturated rings. The molecule has 0 atom stereocenters. The molecular weight excluding hydrogens is 346 g/mol. The molecule has 0 amide bonds. The Labute approximate surface area is 158 Å². The van der Waals surface area contributed by atoms with E-state index in [9.17, 15) is 4.79 Å². The van der Waals surface area contributed by atoms with Gasteiger partial charge in [0.05, 0.1) is 17.6 Å². The highest BCUT2D eigenvalue weighted by atomic mass is 32.1. The van der Waals surface area contributed by atoms with Crippen LogP contribution in [-0.4, -0.2) is 30.5 Å². The normalized spacial score (nSPS) is 14.8. The smallest absolute Gasteiger partial charge is 0.335 e. The Kier molecular flexibility index (Phi) is 5.96. The van der Waals surface area contributed by atoms with Crippen LogP contribution in [0.4, 0.5) is 11.4 Å². The van der Waals surface area contributed by atoms with E-state index in [1.54, 1.807) is 29.7 Å². The number of anilines is 2. The molecule has 1 saturated heterocycles. The Morgan fingerprint density at radius 1 is 1.12 bits per heavy atom. The summed E-state index contributed by atoms with van der Waals surface area (Å²) >= 11 is 4.25. The highest BCUT2D eigenvalue weighted by Gasteiger charge is 2.12. The summed E-state index contributed by atoms with van der Waals surface area (Å²) in [5.74, 6) is -0.959. The fourth-order valence-corrected chi connectivity index (χ4v) is 3.13. The molecule has 0 spiro atoms. The van der Waals surface area contributed by atoms with Crippen molar-refractivity contribution in [1.82, 2.24) is 0 Å². The molecule has 0 unspecified atom stereocenters. The van der Waals surface area contributed by atoms with Crippen LogP contribution in [0.3, 0.4) is 0 Å². The van der Waals surface area contributed by atoms with Crippen LogP contribution < -0.4 is 10.2 Å². The van der Waals surface area contributed by atoms with Crippen LogP contribution in [0.5, 0.6) is 0 Å².